The first kappa shape index (κ1) is 20.8. The van der Waals surface area contributed by atoms with Crippen molar-refractivity contribution in [3.63, 3.8) is 0 Å². The minimum Gasteiger partial charge on any atom is -0.460 e. The molecule has 0 atom stereocenters. The number of carbonyl (C=O) groups is 4. The van der Waals surface area contributed by atoms with Gasteiger partial charge in [0.2, 0.25) is 5.79 Å². The molecule has 0 N–H and O–H groups in total. The molecule has 0 fully saturated rings. The molecule has 23 heavy (non-hydrogen) atoms. The van der Waals surface area contributed by atoms with Gasteiger partial charge in [-0.05, 0) is 0 Å². The summed E-state index contributed by atoms with van der Waals surface area (Å²) in [7, 11) is 0. The molecule has 0 aromatic carbocycles. The maximum atomic E-state index is 11.0. The van der Waals surface area contributed by atoms with E-state index in [1.54, 1.807) is 0 Å². The minimum absolute atomic E-state index is 0.488. The highest BCUT2D eigenvalue weighted by Crippen LogP contribution is 2.16. The summed E-state index contributed by atoms with van der Waals surface area (Å²) in [5, 5.41) is 0. The molecule has 0 aromatic heterocycles. The Labute approximate surface area is 132 Å². The SMILES string of the molecule is CC(=O)OCOC(COC(C)=O)(COC(C)=O)OCOC(C)=O. The van der Waals surface area contributed by atoms with Gasteiger partial charge in [-0.2, -0.15) is 0 Å². The first-order valence-electron chi connectivity index (χ1n) is 6.48. The van der Waals surface area contributed by atoms with Gasteiger partial charge in [0.25, 0.3) is 0 Å². The molecule has 0 unspecified atom stereocenters. The van der Waals surface area contributed by atoms with E-state index in [1.807, 2.05) is 0 Å². The van der Waals surface area contributed by atoms with Crippen molar-refractivity contribution in [2.75, 3.05) is 26.8 Å². The van der Waals surface area contributed by atoms with E-state index in [9.17, 15) is 19.2 Å². The largest absolute Gasteiger partial charge is 0.460 e. The molecule has 132 valence electrons. The Balaban J connectivity index is 4.96. The van der Waals surface area contributed by atoms with Crippen molar-refractivity contribution in [3.05, 3.63) is 0 Å². The number of rotatable bonds is 10. The van der Waals surface area contributed by atoms with Gasteiger partial charge < -0.3 is 28.4 Å². The van der Waals surface area contributed by atoms with Crippen molar-refractivity contribution in [3.8, 4) is 0 Å². The summed E-state index contributed by atoms with van der Waals surface area (Å²) in [6, 6.07) is 0. The first-order valence-corrected chi connectivity index (χ1v) is 6.48. The van der Waals surface area contributed by atoms with Crippen LogP contribution in [0.15, 0.2) is 0 Å². The van der Waals surface area contributed by atoms with E-state index in [0.29, 0.717) is 0 Å². The average Bonchev–Trinajstić information content (AvgIpc) is 2.41. The second-order valence-electron chi connectivity index (χ2n) is 4.27. The molecule has 0 amide bonds. The molecular weight excluding hydrogens is 316 g/mol. The molecule has 0 rings (SSSR count). The van der Waals surface area contributed by atoms with E-state index in [2.05, 4.69) is 9.47 Å². The monoisotopic (exact) mass is 336 g/mol. The molecule has 0 aliphatic heterocycles. The van der Waals surface area contributed by atoms with Gasteiger partial charge >= 0.3 is 23.9 Å². The van der Waals surface area contributed by atoms with Crippen molar-refractivity contribution >= 4 is 23.9 Å². The van der Waals surface area contributed by atoms with Crippen LogP contribution in [-0.2, 0) is 47.6 Å². The van der Waals surface area contributed by atoms with Crippen molar-refractivity contribution in [2.24, 2.45) is 0 Å². The highest BCUT2D eigenvalue weighted by molar-refractivity contribution is 5.67. The summed E-state index contributed by atoms with van der Waals surface area (Å²) in [4.78, 5) is 43.5. The molecular formula is C13H20O10. The molecule has 0 aliphatic rings. The van der Waals surface area contributed by atoms with Gasteiger partial charge in [-0.1, -0.05) is 0 Å². The lowest BCUT2D eigenvalue weighted by Crippen LogP contribution is -2.47. The van der Waals surface area contributed by atoms with Gasteiger partial charge in [-0.15, -0.1) is 0 Å². The maximum Gasteiger partial charge on any atom is 0.304 e. The molecule has 10 nitrogen and oxygen atoms in total. The molecule has 0 spiro atoms. The van der Waals surface area contributed by atoms with E-state index >= 15 is 0 Å². The zero-order valence-corrected chi connectivity index (χ0v) is 13.4. The van der Waals surface area contributed by atoms with Gasteiger partial charge in [-0.3, -0.25) is 19.2 Å². The first-order chi connectivity index (χ1) is 10.7. The topological polar surface area (TPSA) is 124 Å². The van der Waals surface area contributed by atoms with Crippen LogP contribution in [0.1, 0.15) is 27.7 Å². The molecule has 0 aliphatic carbocycles. The van der Waals surface area contributed by atoms with Crippen LogP contribution in [-0.4, -0.2) is 56.5 Å². The zero-order valence-electron chi connectivity index (χ0n) is 13.4. The summed E-state index contributed by atoms with van der Waals surface area (Å²) in [6.45, 7) is 2.52. The van der Waals surface area contributed by atoms with Gasteiger partial charge in [0.05, 0.1) is 0 Å². The fourth-order valence-electron chi connectivity index (χ4n) is 1.11. The third-order valence-corrected chi connectivity index (χ3v) is 2.16. The average molecular weight is 336 g/mol. The van der Waals surface area contributed by atoms with Crippen LogP contribution < -0.4 is 0 Å². The van der Waals surface area contributed by atoms with Crippen LogP contribution in [0, 0.1) is 0 Å². The Hall–Kier alpha value is -2.20. The van der Waals surface area contributed by atoms with Crippen LogP contribution >= 0.6 is 0 Å². The summed E-state index contributed by atoms with van der Waals surface area (Å²) in [5.74, 6) is -4.35. The Kier molecular flexibility index (Phi) is 9.51. The third-order valence-electron chi connectivity index (χ3n) is 2.16. The molecule has 0 saturated heterocycles. The Bertz CT molecular complexity index is 390. The van der Waals surface area contributed by atoms with E-state index in [4.69, 9.17) is 18.9 Å². The summed E-state index contributed by atoms with van der Waals surface area (Å²) in [5.41, 5.74) is 0. The number of ether oxygens (including phenoxy) is 6. The predicted molar refractivity (Wildman–Crippen MR) is 71.4 cm³/mol. The second kappa shape index (κ2) is 10.5. The number of hydrogen-bond acceptors (Lipinski definition) is 10. The number of hydrogen-bond donors (Lipinski definition) is 0. The molecule has 0 radical (unpaired) electrons. The quantitative estimate of drug-likeness (QED) is 0.303. The standard InChI is InChI=1S/C13H20O10/c1-9(14)18-5-13(6-19-10(2)15,22-7-20-11(3)16)23-8-21-12(4)17/h5-8H2,1-4H3. The fraction of sp³-hybridized carbons (Fsp3) is 0.692. The molecule has 0 bridgehead atoms. The summed E-state index contributed by atoms with van der Waals surface area (Å²) >= 11 is 0. The highest BCUT2D eigenvalue weighted by Gasteiger charge is 2.37. The Morgan fingerprint density at radius 1 is 0.609 bits per heavy atom. The van der Waals surface area contributed by atoms with Crippen LogP contribution in [0.25, 0.3) is 0 Å². The van der Waals surface area contributed by atoms with Crippen molar-refractivity contribution < 1.29 is 47.6 Å². The number of carbonyl (C=O) groups excluding carboxylic acids is 4. The number of esters is 4. The highest BCUT2D eigenvalue weighted by atomic mass is 16.8. The normalized spacial score (nSPS) is 10.6. The van der Waals surface area contributed by atoms with E-state index in [1.165, 1.54) is 0 Å². The lowest BCUT2D eigenvalue weighted by molar-refractivity contribution is -0.316. The van der Waals surface area contributed by atoms with E-state index in [-0.39, 0.29) is 0 Å². The van der Waals surface area contributed by atoms with E-state index < -0.39 is 56.5 Å². The van der Waals surface area contributed by atoms with Gasteiger partial charge in [0.15, 0.2) is 13.6 Å². The molecule has 10 heteroatoms. The zero-order chi connectivity index (χ0) is 17.9. The fourth-order valence-corrected chi connectivity index (χ4v) is 1.11. The van der Waals surface area contributed by atoms with Crippen molar-refractivity contribution in [2.45, 2.75) is 33.5 Å². The lowest BCUT2D eigenvalue weighted by Gasteiger charge is -2.31. The van der Waals surface area contributed by atoms with Gasteiger partial charge in [0.1, 0.15) is 13.2 Å². The lowest BCUT2D eigenvalue weighted by atomic mass is 10.3. The Morgan fingerprint density at radius 3 is 1.17 bits per heavy atom. The van der Waals surface area contributed by atoms with Crippen molar-refractivity contribution in [1.82, 2.24) is 0 Å². The minimum atomic E-state index is -1.80. The smallest absolute Gasteiger partial charge is 0.304 e. The van der Waals surface area contributed by atoms with Gasteiger partial charge in [0, 0.05) is 27.7 Å². The van der Waals surface area contributed by atoms with Crippen LogP contribution in [0.5, 0.6) is 0 Å². The predicted octanol–water partition coefficient (Wildman–Crippen LogP) is -0.117. The maximum absolute atomic E-state index is 11.0. The van der Waals surface area contributed by atoms with Crippen LogP contribution in [0.4, 0.5) is 0 Å². The van der Waals surface area contributed by atoms with Crippen LogP contribution in [0.2, 0.25) is 0 Å². The molecule has 0 heterocycles. The van der Waals surface area contributed by atoms with E-state index in [0.717, 1.165) is 27.7 Å². The molecule has 0 saturated carbocycles. The van der Waals surface area contributed by atoms with Crippen molar-refractivity contribution in [1.29, 1.82) is 0 Å². The Morgan fingerprint density at radius 2 is 0.913 bits per heavy atom. The van der Waals surface area contributed by atoms with Gasteiger partial charge in [-0.25, -0.2) is 0 Å². The second-order valence-corrected chi connectivity index (χ2v) is 4.27. The molecule has 0 aromatic rings. The summed E-state index contributed by atoms with van der Waals surface area (Å²) < 4.78 is 29.2. The van der Waals surface area contributed by atoms with Crippen LogP contribution in [0.3, 0.4) is 0 Å². The summed E-state index contributed by atoms with van der Waals surface area (Å²) in [6.07, 6.45) is 0. The third kappa shape index (κ3) is 11.1.